The predicted molar refractivity (Wildman–Crippen MR) is 117 cm³/mol. The minimum Gasteiger partial charge on any atom is -0.490 e. The Balaban J connectivity index is 1.91. The van der Waals surface area contributed by atoms with E-state index in [-0.39, 0.29) is 0 Å². The van der Waals surface area contributed by atoms with Crippen molar-refractivity contribution < 1.29 is 9.47 Å². The summed E-state index contributed by atoms with van der Waals surface area (Å²) in [5, 5.41) is 10.3. The van der Waals surface area contributed by atoms with E-state index in [1.165, 1.54) is 11.8 Å². The van der Waals surface area contributed by atoms with Gasteiger partial charge >= 0.3 is 0 Å². The summed E-state index contributed by atoms with van der Waals surface area (Å²) in [5.41, 5.74) is 2.71. The molecule has 1 heterocycles. The molecule has 0 amide bonds. The van der Waals surface area contributed by atoms with Crippen LogP contribution in [0, 0.1) is 14.9 Å². The molecule has 2 aromatic carbocycles. The monoisotopic (exact) mass is 491 g/mol. The minimum atomic E-state index is 0.538. The van der Waals surface area contributed by atoms with Crippen molar-refractivity contribution in [2.45, 2.75) is 19.0 Å². The molecule has 5 nitrogen and oxygen atoms in total. The molecule has 1 N–H and O–H groups in total. The van der Waals surface area contributed by atoms with Crippen molar-refractivity contribution in [2.24, 2.45) is 0 Å². The summed E-state index contributed by atoms with van der Waals surface area (Å²) >= 11 is 3.53. The van der Waals surface area contributed by atoms with Gasteiger partial charge in [-0.1, -0.05) is 12.1 Å². The summed E-state index contributed by atoms with van der Waals surface area (Å²) in [6, 6.07) is 13.9. The highest BCUT2D eigenvalue weighted by molar-refractivity contribution is 14.1. The van der Waals surface area contributed by atoms with Gasteiger partial charge in [0.15, 0.2) is 16.7 Å². The Hall–Kier alpha value is -2.18. The maximum Gasteiger partial charge on any atom is 0.174 e. The summed E-state index contributed by atoms with van der Waals surface area (Å²) in [6.45, 7) is 4.99. The fourth-order valence-corrected chi connectivity index (χ4v) is 4.07. The third-order valence-electron chi connectivity index (χ3n) is 3.60. The zero-order valence-electron chi connectivity index (χ0n) is 15.0. The lowest BCUT2D eigenvalue weighted by Gasteiger charge is -2.13. The summed E-state index contributed by atoms with van der Waals surface area (Å²) < 4.78 is 12.4. The molecule has 27 heavy (non-hydrogen) atoms. The molecular weight excluding hydrogens is 473 g/mol. The molecule has 1 aromatic heterocycles. The van der Waals surface area contributed by atoms with Gasteiger partial charge in [0.2, 0.25) is 0 Å². The van der Waals surface area contributed by atoms with Gasteiger partial charge in [0.1, 0.15) is 6.07 Å². The number of benzene rings is 2. The first-order valence-corrected chi connectivity index (χ1v) is 10.4. The van der Waals surface area contributed by atoms with E-state index < -0.39 is 0 Å². The Morgan fingerprint density at radius 3 is 2.74 bits per heavy atom. The number of nitriles is 1. The van der Waals surface area contributed by atoms with Gasteiger partial charge in [-0.15, -0.1) is 0 Å². The fraction of sp³-hybridized carbons (Fsp3) is 0.200. The number of allylic oxidation sites excluding steroid dienone is 1. The van der Waals surface area contributed by atoms with Crippen molar-refractivity contribution in [3.05, 3.63) is 50.4 Å². The summed E-state index contributed by atoms with van der Waals surface area (Å²) in [6.07, 6.45) is 1.83. The number of imidazole rings is 1. The zero-order valence-corrected chi connectivity index (χ0v) is 17.9. The fourth-order valence-electron chi connectivity index (χ4n) is 2.54. The van der Waals surface area contributed by atoms with Crippen LogP contribution in [0.5, 0.6) is 11.5 Å². The highest BCUT2D eigenvalue weighted by atomic mass is 127. The number of para-hydroxylation sites is 2. The summed E-state index contributed by atoms with van der Waals surface area (Å²) in [5.74, 6) is 1.42. The standard InChI is InChI=1S/C20H18IN3O2S/c1-3-25-18-11-13(10-15(21)19(18)26-4-2)9-14(12-22)27-20-23-16-7-5-6-8-17(16)24-20/h5-11H,3-4H2,1-2H3,(H,23,24)/b14-9+. The van der Waals surface area contributed by atoms with Crippen molar-refractivity contribution in [1.29, 1.82) is 5.26 Å². The minimum absolute atomic E-state index is 0.538. The summed E-state index contributed by atoms with van der Waals surface area (Å²) in [7, 11) is 0. The smallest absolute Gasteiger partial charge is 0.174 e. The van der Waals surface area contributed by atoms with Gasteiger partial charge < -0.3 is 14.5 Å². The third-order valence-corrected chi connectivity index (χ3v) is 5.22. The van der Waals surface area contributed by atoms with Crippen molar-refractivity contribution in [2.75, 3.05) is 13.2 Å². The van der Waals surface area contributed by atoms with Gasteiger partial charge in [-0.25, -0.2) is 4.98 Å². The maximum absolute atomic E-state index is 9.57. The first-order valence-electron chi connectivity index (χ1n) is 8.48. The summed E-state index contributed by atoms with van der Waals surface area (Å²) in [4.78, 5) is 8.28. The van der Waals surface area contributed by atoms with Gasteiger partial charge in [0.05, 0.1) is 32.7 Å². The molecule has 7 heteroatoms. The van der Waals surface area contributed by atoms with Crippen molar-refractivity contribution in [1.82, 2.24) is 9.97 Å². The molecule has 0 unspecified atom stereocenters. The Kier molecular flexibility index (Phi) is 6.63. The number of aromatic amines is 1. The van der Waals surface area contributed by atoms with E-state index in [9.17, 15) is 5.26 Å². The molecule has 0 atom stereocenters. The number of ether oxygens (including phenoxy) is 2. The molecule has 138 valence electrons. The number of fused-ring (bicyclic) bond motifs is 1. The molecule has 0 aliphatic heterocycles. The van der Waals surface area contributed by atoms with Crippen LogP contribution in [-0.2, 0) is 0 Å². The highest BCUT2D eigenvalue weighted by Gasteiger charge is 2.12. The van der Waals surface area contributed by atoms with Crippen LogP contribution in [0.25, 0.3) is 17.1 Å². The first-order chi connectivity index (χ1) is 13.1. The van der Waals surface area contributed by atoms with Crippen LogP contribution in [-0.4, -0.2) is 23.2 Å². The Labute approximate surface area is 175 Å². The Bertz CT molecular complexity index is 991. The van der Waals surface area contributed by atoms with E-state index in [4.69, 9.17) is 9.47 Å². The molecular formula is C20H18IN3O2S. The SMILES string of the molecule is CCOc1cc(/C=C(\C#N)Sc2nc3ccccc3[nH]2)cc(I)c1OCC. The van der Waals surface area contributed by atoms with Gasteiger partial charge in [0.25, 0.3) is 0 Å². The predicted octanol–water partition coefficient (Wildman–Crippen LogP) is 5.62. The van der Waals surface area contributed by atoms with E-state index in [2.05, 4.69) is 38.6 Å². The van der Waals surface area contributed by atoms with Crippen molar-refractivity contribution in [3.63, 3.8) is 0 Å². The topological polar surface area (TPSA) is 70.9 Å². The van der Waals surface area contributed by atoms with E-state index in [0.29, 0.717) is 29.0 Å². The molecule has 3 aromatic rings. The zero-order chi connectivity index (χ0) is 19.2. The van der Waals surface area contributed by atoms with E-state index >= 15 is 0 Å². The molecule has 0 spiro atoms. The first kappa shape index (κ1) is 19.6. The Morgan fingerprint density at radius 2 is 2.04 bits per heavy atom. The molecule has 0 bridgehead atoms. The number of hydrogen-bond acceptors (Lipinski definition) is 5. The van der Waals surface area contributed by atoms with Crippen LogP contribution in [0.3, 0.4) is 0 Å². The van der Waals surface area contributed by atoms with E-state index in [0.717, 1.165) is 25.9 Å². The second kappa shape index (κ2) is 9.15. The lowest BCUT2D eigenvalue weighted by atomic mass is 10.2. The van der Waals surface area contributed by atoms with Gasteiger partial charge in [0, 0.05) is 0 Å². The number of H-pyrrole nitrogens is 1. The molecule has 0 saturated carbocycles. The van der Waals surface area contributed by atoms with Crippen molar-refractivity contribution >= 4 is 51.5 Å². The largest absolute Gasteiger partial charge is 0.490 e. The molecule has 3 rings (SSSR count). The number of nitrogens with zero attached hydrogens (tertiary/aromatic N) is 2. The van der Waals surface area contributed by atoms with Crippen LogP contribution < -0.4 is 9.47 Å². The number of thioether (sulfide) groups is 1. The van der Waals surface area contributed by atoms with Crippen LogP contribution in [0.15, 0.2) is 46.5 Å². The normalized spacial score (nSPS) is 11.4. The van der Waals surface area contributed by atoms with Crippen LogP contribution >= 0.6 is 34.4 Å². The van der Waals surface area contributed by atoms with Crippen LogP contribution in [0.4, 0.5) is 0 Å². The van der Waals surface area contributed by atoms with E-state index in [1.807, 2.05) is 56.3 Å². The average Bonchev–Trinajstić information content (AvgIpc) is 3.06. The molecule has 0 aliphatic rings. The number of hydrogen-bond donors (Lipinski definition) is 1. The second-order valence-electron chi connectivity index (χ2n) is 5.48. The van der Waals surface area contributed by atoms with Gasteiger partial charge in [-0.2, -0.15) is 5.26 Å². The number of halogens is 1. The lowest BCUT2D eigenvalue weighted by molar-refractivity contribution is 0.286. The maximum atomic E-state index is 9.57. The number of aromatic nitrogens is 2. The third kappa shape index (κ3) is 4.76. The number of nitrogens with one attached hydrogen (secondary N) is 1. The Morgan fingerprint density at radius 1 is 1.26 bits per heavy atom. The average molecular weight is 491 g/mol. The molecule has 0 saturated heterocycles. The van der Waals surface area contributed by atoms with Gasteiger partial charge in [-0.3, -0.25) is 0 Å². The number of rotatable bonds is 7. The molecule has 0 fully saturated rings. The van der Waals surface area contributed by atoms with E-state index in [1.54, 1.807) is 0 Å². The van der Waals surface area contributed by atoms with Crippen LogP contribution in [0.1, 0.15) is 19.4 Å². The molecule has 0 aliphatic carbocycles. The second-order valence-corrected chi connectivity index (χ2v) is 7.67. The lowest BCUT2D eigenvalue weighted by Crippen LogP contribution is -2.00. The van der Waals surface area contributed by atoms with Crippen LogP contribution in [0.2, 0.25) is 0 Å². The quantitative estimate of drug-likeness (QED) is 0.264. The molecule has 0 radical (unpaired) electrons. The highest BCUT2D eigenvalue weighted by Crippen LogP contribution is 2.36. The van der Waals surface area contributed by atoms with Gasteiger partial charge in [-0.05, 0) is 84.1 Å². The van der Waals surface area contributed by atoms with Crippen molar-refractivity contribution in [3.8, 4) is 17.6 Å².